The highest BCUT2D eigenvalue weighted by atomic mass is 32.1. The minimum absolute atomic E-state index is 0.265. The van der Waals surface area contributed by atoms with Crippen molar-refractivity contribution in [2.45, 2.75) is 6.92 Å². The fraction of sp³-hybridized carbons (Fsp3) is 0.0556. The lowest BCUT2D eigenvalue weighted by atomic mass is 10.1. The lowest BCUT2D eigenvalue weighted by Crippen LogP contribution is -2.08. The smallest absolute Gasteiger partial charge is 0.258 e. The summed E-state index contributed by atoms with van der Waals surface area (Å²) in [5.74, 6) is 0. The molecule has 0 saturated carbocycles. The van der Waals surface area contributed by atoms with Crippen molar-refractivity contribution in [1.29, 1.82) is 0 Å². The summed E-state index contributed by atoms with van der Waals surface area (Å²) < 4.78 is 0. The number of carbonyl (C=O) groups is 1. The number of carbonyl (C=O) groups excluding carboxylic acids is 1. The Labute approximate surface area is 142 Å². The number of aldehydes is 1. The fourth-order valence-electron chi connectivity index (χ4n) is 2.38. The van der Waals surface area contributed by atoms with Gasteiger partial charge in [0, 0.05) is 40.2 Å². The van der Waals surface area contributed by atoms with E-state index in [9.17, 15) is 9.59 Å². The Morgan fingerprint density at radius 1 is 1.25 bits per heavy atom. The molecule has 0 aromatic carbocycles. The van der Waals surface area contributed by atoms with Crippen molar-refractivity contribution in [2.24, 2.45) is 0 Å². The van der Waals surface area contributed by atoms with E-state index in [-0.39, 0.29) is 5.56 Å². The van der Waals surface area contributed by atoms with Gasteiger partial charge in [-0.2, -0.15) is 0 Å². The molecule has 3 rings (SSSR count). The first-order valence-electron chi connectivity index (χ1n) is 7.25. The molecule has 0 aliphatic heterocycles. The predicted octanol–water partition coefficient (Wildman–Crippen LogP) is 3.81. The first-order chi connectivity index (χ1) is 11.6. The molecule has 6 heteroatoms. The van der Waals surface area contributed by atoms with Crippen LogP contribution in [-0.2, 0) is 0 Å². The topological polar surface area (TPSA) is 78.6 Å². The van der Waals surface area contributed by atoms with Crippen LogP contribution < -0.4 is 5.56 Å². The average Bonchev–Trinajstić information content (AvgIpc) is 3.20. The minimum Gasteiger partial charge on any atom is -0.364 e. The highest BCUT2D eigenvalue weighted by Gasteiger charge is 2.14. The number of pyridine rings is 1. The third-order valence-corrected chi connectivity index (χ3v) is 4.47. The summed E-state index contributed by atoms with van der Waals surface area (Å²) in [5, 5.41) is 2.48. The Balaban J connectivity index is 2.07. The van der Waals surface area contributed by atoms with E-state index < -0.39 is 0 Å². The Hall–Kier alpha value is -2.99. The molecule has 0 amide bonds. The van der Waals surface area contributed by atoms with Gasteiger partial charge in [0.15, 0.2) is 6.29 Å². The van der Waals surface area contributed by atoms with Gasteiger partial charge in [0.25, 0.3) is 5.56 Å². The number of hydrogen-bond donors (Lipinski definition) is 2. The molecule has 3 heterocycles. The van der Waals surface area contributed by atoms with E-state index >= 15 is 0 Å². The van der Waals surface area contributed by atoms with Crippen LogP contribution in [0, 0.1) is 6.92 Å². The van der Waals surface area contributed by atoms with Crippen LogP contribution in [0.15, 0.2) is 47.4 Å². The molecule has 0 aliphatic carbocycles. The van der Waals surface area contributed by atoms with Crippen LogP contribution >= 0.6 is 11.3 Å². The highest BCUT2D eigenvalue weighted by molar-refractivity contribution is 7.13. The van der Waals surface area contributed by atoms with Crippen molar-refractivity contribution in [1.82, 2.24) is 15.0 Å². The summed E-state index contributed by atoms with van der Waals surface area (Å²) in [5.41, 5.74) is 4.33. The number of aromatic amines is 2. The minimum atomic E-state index is -0.265. The Bertz CT molecular complexity index is 992. The molecule has 3 aromatic rings. The molecule has 0 aliphatic rings. The molecule has 0 unspecified atom stereocenters. The lowest BCUT2D eigenvalue weighted by Gasteiger charge is -1.98. The number of thiazole rings is 1. The van der Waals surface area contributed by atoms with Crippen LogP contribution in [0.1, 0.15) is 21.6 Å². The van der Waals surface area contributed by atoms with E-state index in [4.69, 9.17) is 0 Å². The van der Waals surface area contributed by atoms with Crippen molar-refractivity contribution in [3.63, 3.8) is 0 Å². The lowest BCUT2D eigenvalue weighted by molar-refractivity contribution is 0.112. The summed E-state index contributed by atoms with van der Waals surface area (Å²) in [7, 11) is 0. The largest absolute Gasteiger partial charge is 0.364 e. The van der Waals surface area contributed by atoms with Gasteiger partial charge >= 0.3 is 0 Å². The van der Waals surface area contributed by atoms with Gasteiger partial charge in [0.1, 0.15) is 5.01 Å². The van der Waals surface area contributed by atoms with Crippen LogP contribution in [0.25, 0.3) is 27.9 Å². The van der Waals surface area contributed by atoms with Gasteiger partial charge in [-0.15, -0.1) is 11.3 Å². The zero-order chi connectivity index (χ0) is 17.1. The van der Waals surface area contributed by atoms with Gasteiger partial charge < -0.3 is 9.97 Å². The van der Waals surface area contributed by atoms with E-state index in [0.29, 0.717) is 22.4 Å². The average molecular weight is 337 g/mol. The number of aryl methyl sites for hydroxylation is 1. The molecule has 3 aromatic heterocycles. The van der Waals surface area contributed by atoms with Gasteiger partial charge in [0.2, 0.25) is 0 Å². The normalized spacial score (nSPS) is 11.0. The van der Waals surface area contributed by atoms with Crippen molar-refractivity contribution >= 4 is 23.7 Å². The van der Waals surface area contributed by atoms with E-state index in [1.807, 2.05) is 30.7 Å². The van der Waals surface area contributed by atoms with Gasteiger partial charge in [-0.05, 0) is 13.0 Å². The maximum Gasteiger partial charge on any atom is 0.258 e. The quantitative estimate of drug-likeness (QED) is 0.549. The van der Waals surface area contributed by atoms with Crippen LogP contribution in [0.3, 0.4) is 0 Å². The van der Waals surface area contributed by atoms with E-state index in [2.05, 4.69) is 21.5 Å². The van der Waals surface area contributed by atoms with Crippen molar-refractivity contribution in [3.8, 4) is 21.8 Å². The van der Waals surface area contributed by atoms with Crippen molar-refractivity contribution in [3.05, 3.63) is 69.7 Å². The molecule has 2 N–H and O–H groups in total. The second-order valence-electron chi connectivity index (χ2n) is 5.17. The van der Waals surface area contributed by atoms with E-state index in [1.165, 1.54) is 17.5 Å². The maximum atomic E-state index is 12.0. The van der Waals surface area contributed by atoms with Crippen LogP contribution in [0.4, 0.5) is 0 Å². The molecule has 120 valence electrons. The van der Waals surface area contributed by atoms with Gasteiger partial charge in [0.05, 0.1) is 11.3 Å². The van der Waals surface area contributed by atoms with Crippen LogP contribution in [0.2, 0.25) is 0 Å². The predicted molar refractivity (Wildman–Crippen MR) is 97.3 cm³/mol. The number of allylic oxidation sites excluding steroid dienone is 2. The van der Waals surface area contributed by atoms with Crippen LogP contribution in [0.5, 0.6) is 0 Å². The maximum absolute atomic E-state index is 12.0. The summed E-state index contributed by atoms with van der Waals surface area (Å²) in [6.45, 7) is 5.67. The zero-order valence-corrected chi connectivity index (χ0v) is 13.8. The number of rotatable bonds is 5. The molecule has 24 heavy (non-hydrogen) atoms. The number of aromatic nitrogens is 3. The van der Waals surface area contributed by atoms with Gasteiger partial charge in [-0.25, -0.2) is 4.98 Å². The molecular formula is C18H15N3O2S. The zero-order valence-electron chi connectivity index (χ0n) is 13.0. The molecule has 0 bridgehead atoms. The molecular weight excluding hydrogens is 322 g/mol. The summed E-state index contributed by atoms with van der Waals surface area (Å²) in [4.78, 5) is 33.3. The molecule has 5 nitrogen and oxygen atoms in total. The summed E-state index contributed by atoms with van der Waals surface area (Å²) in [6, 6.07) is 1.55. The van der Waals surface area contributed by atoms with Gasteiger partial charge in [-0.1, -0.05) is 24.8 Å². The Morgan fingerprint density at radius 2 is 2.08 bits per heavy atom. The number of nitrogens with one attached hydrogen (secondary N) is 2. The molecule has 0 spiro atoms. The second kappa shape index (κ2) is 6.64. The second-order valence-corrected chi connectivity index (χ2v) is 6.03. The van der Waals surface area contributed by atoms with Crippen LogP contribution in [-0.4, -0.2) is 21.2 Å². The molecule has 0 atom stereocenters. The Morgan fingerprint density at radius 3 is 2.83 bits per heavy atom. The fourth-order valence-corrected chi connectivity index (χ4v) is 3.21. The van der Waals surface area contributed by atoms with Crippen molar-refractivity contribution in [2.75, 3.05) is 0 Å². The number of H-pyrrole nitrogens is 2. The van der Waals surface area contributed by atoms with Gasteiger partial charge in [-0.3, -0.25) is 9.59 Å². The van der Waals surface area contributed by atoms with E-state index in [0.717, 1.165) is 22.5 Å². The monoisotopic (exact) mass is 337 g/mol. The molecule has 0 saturated heterocycles. The number of nitrogens with zero attached hydrogens (tertiary/aromatic N) is 1. The molecule has 0 fully saturated rings. The first kappa shape index (κ1) is 15.9. The van der Waals surface area contributed by atoms with Crippen molar-refractivity contribution < 1.29 is 4.79 Å². The highest BCUT2D eigenvalue weighted by Crippen LogP contribution is 2.31. The Kier molecular flexibility index (Phi) is 4.39. The van der Waals surface area contributed by atoms with E-state index in [1.54, 1.807) is 12.1 Å². The molecule has 0 radical (unpaired) electrons. The third kappa shape index (κ3) is 2.91. The SMILES string of the molecule is C=C/C=C\c1c(-c2csc(-c3cc(C=O)c[nH]c3=O)n2)c[nH]c1C. The number of hydrogen-bond acceptors (Lipinski definition) is 4. The standard InChI is InChI=1S/C18H15N3O2S/c1-3-4-5-13-11(2)19-8-15(13)16-10-24-18(21-16)14-6-12(9-22)7-20-17(14)23/h3-10,19H,1H2,2H3,(H,20,23)/b5-4-. The summed E-state index contributed by atoms with van der Waals surface area (Å²) in [6.07, 6.45) is 9.52. The first-order valence-corrected chi connectivity index (χ1v) is 8.13. The summed E-state index contributed by atoms with van der Waals surface area (Å²) >= 11 is 1.37. The third-order valence-electron chi connectivity index (χ3n) is 3.60.